The van der Waals surface area contributed by atoms with Gasteiger partial charge in [0.25, 0.3) is 0 Å². The van der Waals surface area contributed by atoms with Gasteiger partial charge in [-0.3, -0.25) is 9.59 Å². The van der Waals surface area contributed by atoms with Crippen LogP contribution in [0.3, 0.4) is 0 Å². The van der Waals surface area contributed by atoms with Crippen molar-refractivity contribution in [3.63, 3.8) is 0 Å². The van der Waals surface area contributed by atoms with E-state index in [2.05, 4.69) is 20.8 Å². The van der Waals surface area contributed by atoms with E-state index < -0.39 is 23.8 Å². The van der Waals surface area contributed by atoms with Crippen LogP contribution in [0.1, 0.15) is 85.5 Å². The van der Waals surface area contributed by atoms with Gasteiger partial charge in [-0.25, -0.2) is 4.79 Å². The lowest BCUT2D eigenvalue weighted by Crippen LogP contribution is -2.62. The fourth-order valence-corrected chi connectivity index (χ4v) is 8.68. The normalized spacial score (nSPS) is 45.1. The van der Waals surface area contributed by atoms with Crippen molar-refractivity contribution < 1.29 is 39.9 Å². The Hall–Kier alpha value is -1.51. The van der Waals surface area contributed by atoms with Gasteiger partial charge in [-0.05, 0) is 97.7 Å². The molecule has 0 aromatic heterocycles. The average molecular weight is 497 g/mol. The van der Waals surface area contributed by atoms with Crippen LogP contribution in [0.15, 0.2) is 0 Å². The Morgan fingerprint density at radius 2 is 1.57 bits per heavy atom. The van der Waals surface area contributed by atoms with Gasteiger partial charge in [-0.1, -0.05) is 20.8 Å². The number of aliphatic hydroxyl groups is 3. The Bertz CT molecular complexity index is 801. The standard InChI is InChI=1S/C24H40O5.C3H4O3/c1-13(4-7-21(28)29)16-5-6-17-22-18(12-20(27)24(16,17)3)23(2)9-8-15(25)10-14(23)11-19(22)26;1-2(4)3(5)6/h13-20,22,25-27H,4-12H2,1-3H3,(H,28,29);1H3,(H,5,6)/t13-,14+,15-,16-,17+,18+,19-,20+,22+,23+,24-;/m1./s1. The number of carbonyl (C=O) groups excluding carboxylic acids is 1. The van der Waals surface area contributed by atoms with Gasteiger partial charge in [-0.2, -0.15) is 0 Å². The lowest BCUT2D eigenvalue weighted by atomic mass is 9.43. The molecule has 0 aromatic rings. The molecule has 0 amide bonds. The Morgan fingerprint density at radius 1 is 0.943 bits per heavy atom. The summed E-state index contributed by atoms with van der Waals surface area (Å²) in [4.78, 5) is 30.0. The molecule has 8 nitrogen and oxygen atoms in total. The molecule has 0 heterocycles. The first-order valence-electron chi connectivity index (χ1n) is 13.2. The number of aliphatic carboxylic acids is 2. The molecule has 200 valence electrons. The van der Waals surface area contributed by atoms with Gasteiger partial charge < -0.3 is 25.5 Å². The molecule has 0 aromatic carbocycles. The number of hydrogen-bond acceptors (Lipinski definition) is 6. The van der Waals surface area contributed by atoms with Gasteiger partial charge in [0.15, 0.2) is 0 Å². The molecule has 11 atom stereocenters. The molecule has 0 aliphatic heterocycles. The summed E-state index contributed by atoms with van der Waals surface area (Å²) in [5, 5.41) is 49.7. The van der Waals surface area contributed by atoms with E-state index in [4.69, 9.17) is 10.2 Å². The molecule has 4 fully saturated rings. The van der Waals surface area contributed by atoms with Crippen LogP contribution in [0.2, 0.25) is 0 Å². The highest BCUT2D eigenvalue weighted by Gasteiger charge is 2.65. The van der Waals surface area contributed by atoms with Gasteiger partial charge in [0.05, 0.1) is 18.3 Å². The van der Waals surface area contributed by atoms with Gasteiger partial charge in [0, 0.05) is 13.3 Å². The summed E-state index contributed by atoms with van der Waals surface area (Å²) in [5.74, 6) is -1.21. The Labute approximate surface area is 208 Å². The van der Waals surface area contributed by atoms with Crippen molar-refractivity contribution in [3.05, 3.63) is 0 Å². The highest BCUT2D eigenvalue weighted by Crippen LogP contribution is 2.68. The maximum Gasteiger partial charge on any atom is 0.371 e. The Balaban J connectivity index is 0.000000509. The molecular weight excluding hydrogens is 452 g/mol. The van der Waals surface area contributed by atoms with Crippen LogP contribution in [0.5, 0.6) is 0 Å². The summed E-state index contributed by atoms with van der Waals surface area (Å²) in [6, 6.07) is 0. The molecule has 5 N–H and O–H groups in total. The maximum atomic E-state index is 11.5. The zero-order valence-electron chi connectivity index (χ0n) is 21.5. The van der Waals surface area contributed by atoms with E-state index in [1.54, 1.807) is 0 Å². The molecule has 4 saturated carbocycles. The first-order chi connectivity index (χ1) is 16.2. The van der Waals surface area contributed by atoms with E-state index in [0.29, 0.717) is 30.1 Å². The zero-order chi connectivity index (χ0) is 26.3. The molecule has 8 heteroatoms. The van der Waals surface area contributed by atoms with E-state index in [-0.39, 0.29) is 41.3 Å². The van der Waals surface area contributed by atoms with Gasteiger partial charge in [0.1, 0.15) is 0 Å². The minimum absolute atomic E-state index is 0.0957. The number of rotatable bonds is 5. The number of ketones is 1. The highest BCUT2D eigenvalue weighted by molar-refractivity contribution is 6.31. The lowest BCUT2D eigenvalue weighted by molar-refractivity contribution is -0.207. The minimum atomic E-state index is -1.38. The molecule has 4 aliphatic rings. The predicted octanol–water partition coefficient (Wildman–Crippen LogP) is 3.11. The molecule has 0 saturated heterocycles. The number of aliphatic hydroxyl groups excluding tert-OH is 3. The maximum absolute atomic E-state index is 11.5. The monoisotopic (exact) mass is 496 g/mol. The van der Waals surface area contributed by atoms with Crippen LogP contribution in [0, 0.1) is 46.3 Å². The summed E-state index contributed by atoms with van der Waals surface area (Å²) in [5.41, 5.74) is -0.143. The average Bonchev–Trinajstić information content (AvgIpc) is 3.13. The second-order valence-electron chi connectivity index (χ2n) is 12.3. The summed E-state index contributed by atoms with van der Waals surface area (Å²) in [7, 11) is 0. The number of hydrogen-bond donors (Lipinski definition) is 5. The van der Waals surface area contributed by atoms with Crippen LogP contribution in [-0.4, -0.2) is 61.6 Å². The molecule has 35 heavy (non-hydrogen) atoms. The first-order valence-corrected chi connectivity index (χ1v) is 13.2. The molecule has 0 spiro atoms. The van der Waals surface area contributed by atoms with Gasteiger partial charge in [0.2, 0.25) is 5.78 Å². The van der Waals surface area contributed by atoms with Crippen molar-refractivity contribution in [1.82, 2.24) is 0 Å². The van der Waals surface area contributed by atoms with Crippen molar-refractivity contribution >= 4 is 17.7 Å². The molecule has 0 unspecified atom stereocenters. The van der Waals surface area contributed by atoms with Gasteiger partial charge in [-0.15, -0.1) is 0 Å². The molecular formula is C27H44O8. The highest BCUT2D eigenvalue weighted by atomic mass is 16.4. The van der Waals surface area contributed by atoms with Crippen LogP contribution in [-0.2, 0) is 14.4 Å². The third-order valence-electron chi connectivity index (χ3n) is 10.6. The topological polar surface area (TPSA) is 152 Å². The van der Waals surface area contributed by atoms with Crippen LogP contribution in [0.4, 0.5) is 0 Å². The lowest BCUT2D eigenvalue weighted by Gasteiger charge is -2.63. The Morgan fingerprint density at radius 3 is 2.14 bits per heavy atom. The fraction of sp³-hybridized carbons (Fsp3) is 0.889. The zero-order valence-corrected chi connectivity index (χ0v) is 21.5. The van der Waals surface area contributed by atoms with Crippen molar-refractivity contribution in [3.8, 4) is 0 Å². The van der Waals surface area contributed by atoms with Crippen molar-refractivity contribution in [2.45, 2.75) is 104 Å². The number of carboxylic acid groups (broad SMARTS) is 2. The predicted molar refractivity (Wildman–Crippen MR) is 128 cm³/mol. The largest absolute Gasteiger partial charge is 0.481 e. The van der Waals surface area contributed by atoms with Crippen LogP contribution >= 0.6 is 0 Å². The van der Waals surface area contributed by atoms with Gasteiger partial charge >= 0.3 is 11.9 Å². The Kier molecular flexibility index (Phi) is 8.39. The first kappa shape index (κ1) is 28.1. The molecule has 4 aliphatic carbocycles. The van der Waals surface area contributed by atoms with E-state index in [1.807, 2.05) is 0 Å². The summed E-state index contributed by atoms with van der Waals surface area (Å²) >= 11 is 0. The van der Waals surface area contributed by atoms with Crippen molar-refractivity contribution in [2.24, 2.45) is 46.3 Å². The van der Waals surface area contributed by atoms with E-state index >= 15 is 0 Å². The minimum Gasteiger partial charge on any atom is -0.481 e. The number of carbonyl (C=O) groups is 3. The van der Waals surface area contributed by atoms with E-state index in [1.165, 1.54) is 0 Å². The van der Waals surface area contributed by atoms with E-state index in [9.17, 15) is 29.7 Å². The second-order valence-corrected chi connectivity index (χ2v) is 12.3. The summed E-state index contributed by atoms with van der Waals surface area (Å²) < 4.78 is 0. The summed E-state index contributed by atoms with van der Waals surface area (Å²) in [6.07, 6.45) is 6.00. The van der Waals surface area contributed by atoms with Crippen LogP contribution in [0.25, 0.3) is 0 Å². The fourth-order valence-electron chi connectivity index (χ4n) is 8.68. The third kappa shape index (κ3) is 5.16. The summed E-state index contributed by atoms with van der Waals surface area (Å²) in [6.45, 7) is 7.73. The molecule has 0 bridgehead atoms. The smallest absolute Gasteiger partial charge is 0.371 e. The number of fused-ring (bicyclic) bond motifs is 5. The van der Waals surface area contributed by atoms with Crippen molar-refractivity contribution in [2.75, 3.05) is 0 Å². The quantitative estimate of drug-likeness (QED) is 0.364. The molecule has 4 rings (SSSR count). The van der Waals surface area contributed by atoms with Crippen LogP contribution < -0.4 is 0 Å². The third-order valence-corrected chi connectivity index (χ3v) is 10.6. The van der Waals surface area contributed by atoms with Crippen molar-refractivity contribution in [1.29, 1.82) is 0 Å². The second kappa shape index (κ2) is 10.5. The van der Waals surface area contributed by atoms with E-state index in [0.717, 1.165) is 51.9 Å². The number of Topliss-reactive ketones (excluding diaryl/α,β-unsaturated/α-hetero) is 1. The SMILES string of the molecule is CC(=O)C(=O)O.C[C@H](CCC(=O)O)[C@H]1CC[C@H]2[C@@H]3[C@H](O)C[C@@H]4C[C@H](O)CC[C@]4(C)[C@H]3C[C@H](O)[C@]12C. The number of carboxylic acids is 2. The molecule has 0 radical (unpaired) electrons.